The third-order valence-corrected chi connectivity index (χ3v) is 10.8. The van der Waals surface area contributed by atoms with Crippen molar-refractivity contribution in [2.75, 3.05) is 0 Å². The maximum Gasteiger partial charge on any atom is 0.0708 e. The molecule has 0 spiro atoms. The minimum Gasteiger partial charge on any atom is -0.256 e. The quantitative estimate of drug-likeness (QED) is 0.166. The molecule has 0 fully saturated rings. The summed E-state index contributed by atoms with van der Waals surface area (Å²) in [4.78, 5) is 4.79. The van der Waals surface area contributed by atoms with Crippen molar-refractivity contribution < 1.29 is 0 Å². The van der Waals surface area contributed by atoms with Crippen LogP contribution in [0.3, 0.4) is 0 Å². The Labute approximate surface area is 309 Å². The Bertz CT molecular complexity index is 2950. The second kappa shape index (κ2) is 12.7. The van der Waals surface area contributed by atoms with Gasteiger partial charge >= 0.3 is 0 Å². The van der Waals surface area contributed by atoms with Gasteiger partial charge in [0.05, 0.1) is 5.69 Å². The average molecular weight is 674 g/mol. The Kier molecular flexibility index (Phi) is 7.44. The first-order valence-electron chi connectivity index (χ1n) is 18.3. The third-order valence-electron chi connectivity index (χ3n) is 10.8. The van der Waals surface area contributed by atoms with Crippen LogP contribution in [0.5, 0.6) is 0 Å². The maximum absolute atomic E-state index is 4.79. The number of pyridine rings is 1. The van der Waals surface area contributed by atoms with Crippen molar-refractivity contribution in [3.8, 4) is 55.8 Å². The summed E-state index contributed by atoms with van der Waals surface area (Å²) in [6.07, 6.45) is 1.93. The number of hydrogen-bond donors (Lipinski definition) is 0. The van der Waals surface area contributed by atoms with Gasteiger partial charge in [-0.15, -0.1) is 0 Å². The van der Waals surface area contributed by atoms with Crippen LogP contribution >= 0.6 is 0 Å². The van der Waals surface area contributed by atoms with E-state index in [4.69, 9.17) is 4.98 Å². The van der Waals surface area contributed by atoms with Crippen molar-refractivity contribution in [1.29, 1.82) is 0 Å². The van der Waals surface area contributed by atoms with E-state index in [9.17, 15) is 0 Å². The topological polar surface area (TPSA) is 12.9 Å². The molecule has 0 N–H and O–H groups in total. The van der Waals surface area contributed by atoms with Crippen molar-refractivity contribution in [1.82, 2.24) is 4.98 Å². The molecule has 0 atom stereocenters. The van der Waals surface area contributed by atoms with Gasteiger partial charge in [0.1, 0.15) is 0 Å². The fourth-order valence-electron chi connectivity index (χ4n) is 8.20. The lowest BCUT2D eigenvalue weighted by Gasteiger charge is -2.20. The summed E-state index contributed by atoms with van der Waals surface area (Å²) in [5.74, 6) is 0. The predicted octanol–water partition coefficient (Wildman–Crippen LogP) is 14.3. The standard InChI is InChI=1S/C52H35N/c1-34-21-23-36(24-22-34)42-27-28-49(44-16-5-4-15-43(42)44)52-47-19-8-6-17-45(47)51(46-18-7-9-20-48(46)52)41-14-10-13-38(32-41)39-29-30-53-50(33-39)40-26-25-35-11-2-3-12-37(35)31-40/h2-33H,1H3. The first-order valence-corrected chi connectivity index (χ1v) is 18.3. The van der Waals surface area contributed by atoms with Gasteiger partial charge in [-0.3, -0.25) is 4.98 Å². The Morgan fingerprint density at radius 1 is 0.321 bits per heavy atom. The monoisotopic (exact) mass is 673 g/mol. The van der Waals surface area contributed by atoms with Crippen molar-refractivity contribution in [2.24, 2.45) is 0 Å². The summed E-state index contributed by atoms with van der Waals surface area (Å²) in [6, 6.07) is 68.7. The summed E-state index contributed by atoms with van der Waals surface area (Å²) in [6.45, 7) is 2.14. The maximum atomic E-state index is 4.79. The second-order valence-electron chi connectivity index (χ2n) is 14.0. The molecule has 248 valence electrons. The predicted molar refractivity (Wildman–Crippen MR) is 226 cm³/mol. The van der Waals surface area contributed by atoms with Gasteiger partial charge in [-0.05, 0) is 119 Å². The number of aryl methyl sites for hydroxylation is 1. The van der Waals surface area contributed by atoms with Crippen LogP contribution in [0.1, 0.15) is 5.56 Å². The highest BCUT2D eigenvalue weighted by Crippen LogP contribution is 2.46. The van der Waals surface area contributed by atoms with E-state index in [-0.39, 0.29) is 0 Å². The lowest BCUT2D eigenvalue weighted by Crippen LogP contribution is -1.93. The SMILES string of the molecule is Cc1ccc(-c2ccc(-c3c4ccccc4c(-c4cccc(-c5ccnc(-c6ccc7ccccc7c6)c5)c4)c4ccccc34)c3ccccc23)cc1. The van der Waals surface area contributed by atoms with Crippen molar-refractivity contribution in [2.45, 2.75) is 6.92 Å². The van der Waals surface area contributed by atoms with Crippen LogP contribution in [0.2, 0.25) is 0 Å². The first kappa shape index (κ1) is 30.9. The van der Waals surface area contributed by atoms with E-state index in [2.05, 4.69) is 195 Å². The molecular weight excluding hydrogens is 639 g/mol. The van der Waals surface area contributed by atoms with Crippen LogP contribution < -0.4 is 0 Å². The molecule has 53 heavy (non-hydrogen) atoms. The molecule has 0 aliphatic rings. The molecule has 1 aromatic heterocycles. The summed E-state index contributed by atoms with van der Waals surface area (Å²) >= 11 is 0. The first-order chi connectivity index (χ1) is 26.2. The molecule has 9 aromatic carbocycles. The highest BCUT2D eigenvalue weighted by molar-refractivity contribution is 6.24. The van der Waals surface area contributed by atoms with E-state index < -0.39 is 0 Å². The number of aromatic nitrogens is 1. The van der Waals surface area contributed by atoms with Gasteiger partial charge in [0.2, 0.25) is 0 Å². The largest absolute Gasteiger partial charge is 0.256 e. The van der Waals surface area contributed by atoms with E-state index in [0.29, 0.717) is 0 Å². The molecule has 0 saturated carbocycles. The molecule has 0 amide bonds. The molecular formula is C52H35N. The van der Waals surface area contributed by atoms with Gasteiger partial charge < -0.3 is 0 Å². The average Bonchev–Trinajstić information content (AvgIpc) is 3.23. The molecule has 0 aliphatic carbocycles. The Morgan fingerprint density at radius 2 is 0.868 bits per heavy atom. The van der Waals surface area contributed by atoms with E-state index in [0.717, 1.165) is 16.8 Å². The molecule has 0 unspecified atom stereocenters. The van der Waals surface area contributed by atoms with Crippen LogP contribution in [-0.4, -0.2) is 4.98 Å². The van der Waals surface area contributed by atoms with Gasteiger partial charge in [-0.1, -0.05) is 169 Å². The molecule has 1 heteroatoms. The molecule has 0 saturated heterocycles. The van der Waals surface area contributed by atoms with E-state index >= 15 is 0 Å². The number of benzene rings is 9. The summed E-state index contributed by atoms with van der Waals surface area (Å²) < 4.78 is 0. The number of hydrogen-bond acceptors (Lipinski definition) is 1. The van der Waals surface area contributed by atoms with Gasteiger partial charge in [-0.25, -0.2) is 0 Å². The van der Waals surface area contributed by atoms with Crippen LogP contribution in [0.25, 0.3) is 98.9 Å². The molecule has 0 bridgehead atoms. The second-order valence-corrected chi connectivity index (χ2v) is 14.0. The fourth-order valence-corrected chi connectivity index (χ4v) is 8.20. The van der Waals surface area contributed by atoms with Crippen molar-refractivity contribution in [3.63, 3.8) is 0 Å². The van der Waals surface area contributed by atoms with Crippen molar-refractivity contribution >= 4 is 43.1 Å². The number of rotatable bonds is 5. The van der Waals surface area contributed by atoms with Crippen LogP contribution in [0, 0.1) is 6.92 Å². The van der Waals surface area contributed by atoms with Crippen LogP contribution in [0.15, 0.2) is 194 Å². The lowest BCUT2D eigenvalue weighted by molar-refractivity contribution is 1.33. The highest BCUT2D eigenvalue weighted by Gasteiger charge is 2.19. The minimum absolute atomic E-state index is 0.972. The highest BCUT2D eigenvalue weighted by atomic mass is 14.7. The lowest BCUT2D eigenvalue weighted by atomic mass is 9.83. The summed E-state index contributed by atoms with van der Waals surface area (Å²) in [5, 5.41) is 9.97. The van der Waals surface area contributed by atoms with Crippen LogP contribution in [0.4, 0.5) is 0 Å². The third kappa shape index (κ3) is 5.37. The number of fused-ring (bicyclic) bond motifs is 4. The van der Waals surface area contributed by atoms with E-state index in [1.165, 1.54) is 87.6 Å². The van der Waals surface area contributed by atoms with Crippen molar-refractivity contribution in [3.05, 3.63) is 200 Å². The molecule has 0 radical (unpaired) electrons. The molecule has 0 aliphatic heterocycles. The normalized spacial score (nSPS) is 11.5. The molecule has 10 rings (SSSR count). The summed E-state index contributed by atoms with van der Waals surface area (Å²) in [5.41, 5.74) is 13.2. The van der Waals surface area contributed by atoms with E-state index in [1.54, 1.807) is 0 Å². The number of nitrogens with zero attached hydrogens (tertiary/aromatic N) is 1. The smallest absolute Gasteiger partial charge is 0.0708 e. The van der Waals surface area contributed by atoms with Gasteiger partial charge in [0.15, 0.2) is 0 Å². The Hall–Kier alpha value is -6.83. The molecule has 10 aromatic rings. The van der Waals surface area contributed by atoms with Crippen LogP contribution in [-0.2, 0) is 0 Å². The summed E-state index contributed by atoms with van der Waals surface area (Å²) in [7, 11) is 0. The zero-order valence-electron chi connectivity index (χ0n) is 29.4. The zero-order valence-corrected chi connectivity index (χ0v) is 29.4. The van der Waals surface area contributed by atoms with Gasteiger partial charge in [-0.2, -0.15) is 0 Å². The Balaban J connectivity index is 1.15. The molecule has 1 heterocycles. The van der Waals surface area contributed by atoms with Gasteiger partial charge in [0, 0.05) is 11.8 Å². The molecule has 1 nitrogen and oxygen atoms in total. The fraction of sp³-hybridized carbons (Fsp3) is 0.0192. The Morgan fingerprint density at radius 3 is 1.58 bits per heavy atom. The van der Waals surface area contributed by atoms with Gasteiger partial charge in [0.25, 0.3) is 0 Å². The minimum atomic E-state index is 0.972. The van der Waals surface area contributed by atoms with E-state index in [1.807, 2.05) is 6.20 Å². The zero-order chi connectivity index (χ0) is 35.3.